The molecule has 0 unspecified atom stereocenters. The van der Waals surface area contributed by atoms with Gasteiger partial charge in [-0.25, -0.2) is 0 Å². The van der Waals surface area contributed by atoms with E-state index in [1.54, 1.807) is 30.3 Å². The summed E-state index contributed by atoms with van der Waals surface area (Å²) in [6.45, 7) is 10.1. The van der Waals surface area contributed by atoms with Crippen LogP contribution in [0.3, 0.4) is 0 Å². The number of nitrogens with one attached hydrogen (secondary N) is 1. The lowest BCUT2D eigenvalue weighted by Crippen LogP contribution is -2.13. The van der Waals surface area contributed by atoms with Crippen LogP contribution in [0, 0.1) is 0 Å². The summed E-state index contributed by atoms with van der Waals surface area (Å²) >= 11 is 6.04. The van der Waals surface area contributed by atoms with E-state index in [4.69, 9.17) is 22.1 Å². The lowest BCUT2D eigenvalue weighted by molar-refractivity contribution is 0.0997. The van der Waals surface area contributed by atoms with Gasteiger partial charge in [0.25, 0.3) is 5.91 Å². The summed E-state index contributed by atoms with van der Waals surface area (Å²) in [6, 6.07) is 8.92. The third-order valence-electron chi connectivity index (χ3n) is 4.44. The molecular weight excluding hydrogens is 372 g/mol. The molecule has 1 aromatic heterocycles. The Bertz CT molecular complexity index is 1110. The van der Waals surface area contributed by atoms with Gasteiger partial charge in [-0.15, -0.1) is 0 Å². The van der Waals surface area contributed by atoms with Crippen LogP contribution in [0.1, 0.15) is 34.1 Å². The Hall–Kier alpha value is -3.24. The molecule has 0 aliphatic heterocycles. The lowest BCUT2D eigenvalue weighted by atomic mass is 10.0. The third kappa shape index (κ3) is 3.87. The number of nitrogens with two attached hydrogens (primary N) is 1. The average Bonchev–Trinajstić information content (AvgIpc) is 3.08. The maximum Gasteiger partial charge on any atom is 0.252 e. The highest BCUT2D eigenvalue weighted by Crippen LogP contribution is 2.30. The van der Waals surface area contributed by atoms with Crippen LogP contribution in [0.15, 0.2) is 55.8 Å². The van der Waals surface area contributed by atoms with Gasteiger partial charge in [-0.3, -0.25) is 4.79 Å². The maximum atomic E-state index is 11.9. The molecule has 28 heavy (non-hydrogen) atoms. The summed E-state index contributed by atoms with van der Waals surface area (Å²) in [5.74, 6) is -0.154. The van der Waals surface area contributed by atoms with Crippen molar-refractivity contribution in [2.45, 2.75) is 6.92 Å². The molecule has 0 aliphatic rings. The zero-order chi connectivity index (χ0) is 20.3. The predicted molar refractivity (Wildman–Crippen MR) is 118 cm³/mol. The number of carbonyl (C=O) groups excluding carboxylic acids is 1. The molecule has 0 spiro atoms. The monoisotopic (exact) mass is 392 g/mol. The number of primary amides is 1. The standard InChI is InChI=1S/C23H21ClN2O2/c1-4-6-21-18(5-2)20(12-26-21)14(3)13-28-22-11-15-7-8-17(24)9-16(15)10-19(22)23(25)27/h4-12,26H,2-3,13H2,1H3,(H2,25,27)/b6-4-. The van der Waals surface area contributed by atoms with Crippen molar-refractivity contribution in [3.63, 3.8) is 0 Å². The minimum atomic E-state index is -0.564. The number of hydrogen-bond acceptors (Lipinski definition) is 2. The second-order valence-electron chi connectivity index (χ2n) is 6.33. The molecule has 0 bridgehead atoms. The number of ether oxygens (including phenoxy) is 1. The smallest absolute Gasteiger partial charge is 0.252 e. The second-order valence-corrected chi connectivity index (χ2v) is 6.77. The summed E-state index contributed by atoms with van der Waals surface area (Å²) in [5, 5.41) is 2.31. The van der Waals surface area contributed by atoms with Crippen LogP contribution in [-0.4, -0.2) is 17.5 Å². The fourth-order valence-corrected chi connectivity index (χ4v) is 3.25. The number of aromatic amines is 1. The molecule has 5 heteroatoms. The summed E-state index contributed by atoms with van der Waals surface area (Å²) in [7, 11) is 0. The molecule has 0 atom stereocenters. The van der Waals surface area contributed by atoms with Crippen molar-refractivity contribution in [2.24, 2.45) is 5.73 Å². The predicted octanol–water partition coefficient (Wildman–Crippen LogP) is 5.69. The number of carbonyl (C=O) groups is 1. The SMILES string of the molecule is C=Cc1c(C(=C)COc2cc3ccc(Cl)cc3cc2C(N)=O)c[nH]c1/C=C\C. The quantitative estimate of drug-likeness (QED) is 0.542. The van der Waals surface area contributed by atoms with Gasteiger partial charge in [-0.1, -0.05) is 43.0 Å². The van der Waals surface area contributed by atoms with Crippen LogP contribution in [0.4, 0.5) is 0 Å². The highest BCUT2D eigenvalue weighted by molar-refractivity contribution is 6.31. The van der Waals surface area contributed by atoms with E-state index < -0.39 is 5.91 Å². The van der Waals surface area contributed by atoms with E-state index in [1.165, 1.54) is 0 Å². The highest BCUT2D eigenvalue weighted by atomic mass is 35.5. The zero-order valence-corrected chi connectivity index (χ0v) is 16.3. The summed E-state index contributed by atoms with van der Waals surface area (Å²) in [4.78, 5) is 15.1. The minimum Gasteiger partial charge on any atom is -0.488 e. The Morgan fingerprint density at radius 2 is 2.04 bits per heavy atom. The average molecular weight is 393 g/mol. The van der Waals surface area contributed by atoms with Gasteiger partial charge in [-0.05, 0) is 53.6 Å². The first-order valence-electron chi connectivity index (χ1n) is 8.75. The molecule has 1 amide bonds. The first kappa shape index (κ1) is 19.5. The van der Waals surface area contributed by atoms with E-state index in [1.807, 2.05) is 31.3 Å². The molecule has 1 heterocycles. The van der Waals surface area contributed by atoms with Gasteiger partial charge in [-0.2, -0.15) is 0 Å². The number of hydrogen-bond donors (Lipinski definition) is 2. The number of amides is 1. The van der Waals surface area contributed by atoms with Gasteiger partial charge in [0.15, 0.2) is 0 Å². The normalized spacial score (nSPS) is 11.1. The highest BCUT2D eigenvalue weighted by Gasteiger charge is 2.14. The minimum absolute atomic E-state index is 0.202. The number of benzene rings is 2. The van der Waals surface area contributed by atoms with Crippen LogP contribution in [-0.2, 0) is 0 Å². The molecule has 3 N–H and O–H groups in total. The second kappa shape index (κ2) is 8.19. The van der Waals surface area contributed by atoms with E-state index in [2.05, 4.69) is 18.1 Å². The Labute approximate surface area is 169 Å². The van der Waals surface area contributed by atoms with Crippen molar-refractivity contribution in [2.75, 3.05) is 6.61 Å². The van der Waals surface area contributed by atoms with E-state index in [0.29, 0.717) is 16.3 Å². The molecule has 0 fully saturated rings. The largest absolute Gasteiger partial charge is 0.488 e. The number of H-pyrrole nitrogens is 1. The molecule has 0 aliphatic carbocycles. The molecule has 142 valence electrons. The molecule has 4 nitrogen and oxygen atoms in total. The van der Waals surface area contributed by atoms with Crippen LogP contribution in [0.25, 0.3) is 28.5 Å². The fourth-order valence-electron chi connectivity index (χ4n) is 3.07. The summed E-state index contributed by atoms with van der Waals surface area (Å²) in [5.41, 5.74) is 9.42. The number of aromatic nitrogens is 1. The summed E-state index contributed by atoms with van der Waals surface area (Å²) < 4.78 is 5.92. The van der Waals surface area contributed by atoms with Crippen LogP contribution in [0.2, 0.25) is 5.02 Å². The Kier molecular flexibility index (Phi) is 5.71. The molecule has 2 aromatic carbocycles. The molecule has 3 aromatic rings. The molecular formula is C23H21ClN2O2. The lowest BCUT2D eigenvalue weighted by Gasteiger charge is -2.13. The zero-order valence-electron chi connectivity index (χ0n) is 15.6. The molecule has 0 saturated heterocycles. The Morgan fingerprint density at radius 3 is 2.71 bits per heavy atom. The van der Waals surface area contributed by atoms with Crippen molar-refractivity contribution >= 4 is 46.0 Å². The van der Waals surface area contributed by atoms with Gasteiger partial charge in [0, 0.05) is 28.0 Å². The number of allylic oxidation sites excluding steroid dienone is 1. The number of rotatable bonds is 7. The first-order chi connectivity index (χ1) is 13.4. The first-order valence-corrected chi connectivity index (χ1v) is 9.13. The van der Waals surface area contributed by atoms with E-state index >= 15 is 0 Å². The van der Waals surface area contributed by atoms with Crippen molar-refractivity contribution in [3.05, 3.63) is 83.2 Å². The topological polar surface area (TPSA) is 68.1 Å². The van der Waals surface area contributed by atoms with Crippen molar-refractivity contribution in [3.8, 4) is 5.75 Å². The van der Waals surface area contributed by atoms with Crippen molar-refractivity contribution in [1.29, 1.82) is 0 Å². The van der Waals surface area contributed by atoms with E-state index in [0.717, 1.165) is 33.2 Å². The Balaban J connectivity index is 1.90. The molecule has 0 saturated carbocycles. The van der Waals surface area contributed by atoms with Crippen LogP contribution in [0.5, 0.6) is 5.75 Å². The Morgan fingerprint density at radius 1 is 1.25 bits per heavy atom. The van der Waals surface area contributed by atoms with E-state index in [-0.39, 0.29) is 6.61 Å². The number of fused-ring (bicyclic) bond motifs is 1. The van der Waals surface area contributed by atoms with Gasteiger partial charge in [0.05, 0.1) is 5.56 Å². The van der Waals surface area contributed by atoms with Crippen molar-refractivity contribution < 1.29 is 9.53 Å². The fraction of sp³-hybridized carbons (Fsp3) is 0.0870. The van der Waals surface area contributed by atoms with Gasteiger partial charge >= 0.3 is 0 Å². The van der Waals surface area contributed by atoms with Gasteiger partial charge in [0.1, 0.15) is 12.4 Å². The third-order valence-corrected chi connectivity index (χ3v) is 4.67. The molecule has 3 rings (SSSR count). The number of halogens is 1. The van der Waals surface area contributed by atoms with E-state index in [9.17, 15) is 4.79 Å². The van der Waals surface area contributed by atoms with Crippen LogP contribution >= 0.6 is 11.6 Å². The summed E-state index contributed by atoms with van der Waals surface area (Å²) in [6.07, 6.45) is 7.56. The maximum absolute atomic E-state index is 11.9. The molecule has 0 radical (unpaired) electrons. The van der Waals surface area contributed by atoms with Crippen molar-refractivity contribution in [1.82, 2.24) is 4.98 Å². The van der Waals surface area contributed by atoms with Gasteiger partial charge in [0.2, 0.25) is 0 Å². The van der Waals surface area contributed by atoms with Crippen LogP contribution < -0.4 is 10.5 Å². The van der Waals surface area contributed by atoms with Gasteiger partial charge < -0.3 is 15.5 Å².